The van der Waals surface area contributed by atoms with Crippen LogP contribution in [-0.4, -0.2) is 41.2 Å². The molecule has 2 fully saturated rings. The number of fused-ring (bicyclic) bond motifs is 1. The lowest BCUT2D eigenvalue weighted by atomic mass is 9.81. The first-order valence-electron chi connectivity index (χ1n) is 10.5. The van der Waals surface area contributed by atoms with E-state index in [2.05, 4.69) is 10.9 Å². The van der Waals surface area contributed by atoms with Crippen LogP contribution >= 0.6 is 0 Å². The number of carbonyl (C=O) groups excluding carboxylic acids is 4. The Morgan fingerprint density at radius 2 is 1.73 bits per heavy atom. The van der Waals surface area contributed by atoms with Gasteiger partial charge in [0, 0.05) is 13.0 Å². The van der Waals surface area contributed by atoms with Crippen LogP contribution in [0, 0.1) is 25.7 Å². The summed E-state index contributed by atoms with van der Waals surface area (Å²) in [6.07, 6.45) is 2.53. The molecule has 162 valence electrons. The number of hydrogen-bond acceptors (Lipinski definition) is 5. The summed E-state index contributed by atoms with van der Waals surface area (Å²) >= 11 is 0. The zero-order valence-corrected chi connectivity index (χ0v) is 17.7. The lowest BCUT2D eigenvalue weighted by molar-refractivity contribution is -0.140. The van der Waals surface area contributed by atoms with Crippen molar-refractivity contribution in [2.75, 3.05) is 6.54 Å². The van der Waals surface area contributed by atoms with Gasteiger partial charge in [0.25, 0.3) is 5.91 Å². The number of imide groups is 1. The van der Waals surface area contributed by atoms with E-state index in [-0.39, 0.29) is 36.6 Å². The SMILES string of the molecule is Cc1cccc(O[C@H](C)C(=O)NNC(=O)CCN2C(=O)[C@H]3CCCC[C@@H]3C2=O)c1C. The minimum absolute atomic E-state index is 0.0287. The van der Waals surface area contributed by atoms with Crippen molar-refractivity contribution in [1.82, 2.24) is 15.8 Å². The molecule has 2 aliphatic rings. The molecule has 0 spiro atoms. The third-order valence-electron chi connectivity index (χ3n) is 6.05. The highest BCUT2D eigenvalue weighted by molar-refractivity contribution is 6.05. The molecule has 2 N–H and O–H groups in total. The summed E-state index contributed by atoms with van der Waals surface area (Å²) in [6, 6.07) is 5.59. The van der Waals surface area contributed by atoms with E-state index in [1.807, 2.05) is 26.0 Å². The summed E-state index contributed by atoms with van der Waals surface area (Å²) in [5.41, 5.74) is 6.66. The van der Waals surface area contributed by atoms with E-state index in [4.69, 9.17) is 4.74 Å². The van der Waals surface area contributed by atoms with Crippen LogP contribution in [0.15, 0.2) is 18.2 Å². The van der Waals surface area contributed by atoms with Crippen LogP contribution in [0.1, 0.15) is 50.2 Å². The first kappa shape index (κ1) is 21.8. The van der Waals surface area contributed by atoms with Crippen molar-refractivity contribution >= 4 is 23.6 Å². The number of benzene rings is 1. The molecule has 4 amide bonds. The third kappa shape index (κ3) is 4.63. The molecule has 0 aromatic heterocycles. The van der Waals surface area contributed by atoms with Gasteiger partial charge in [-0.1, -0.05) is 25.0 Å². The second-order valence-electron chi connectivity index (χ2n) is 8.07. The van der Waals surface area contributed by atoms with Crippen molar-refractivity contribution in [2.45, 2.75) is 59.0 Å². The number of likely N-dealkylation sites (tertiary alicyclic amines) is 1. The number of carbonyl (C=O) groups is 4. The number of amides is 4. The number of nitrogens with one attached hydrogen (secondary N) is 2. The highest BCUT2D eigenvalue weighted by Crippen LogP contribution is 2.37. The number of hydrazine groups is 1. The molecule has 1 aromatic rings. The van der Waals surface area contributed by atoms with Gasteiger partial charge in [0.05, 0.1) is 11.8 Å². The molecule has 3 rings (SSSR count). The van der Waals surface area contributed by atoms with Crippen molar-refractivity contribution in [3.05, 3.63) is 29.3 Å². The number of hydrogen-bond donors (Lipinski definition) is 2. The van der Waals surface area contributed by atoms with Crippen LogP contribution in [0.2, 0.25) is 0 Å². The molecule has 8 heteroatoms. The minimum atomic E-state index is -0.810. The molecular formula is C22H29N3O5. The van der Waals surface area contributed by atoms with Gasteiger partial charge in [0.1, 0.15) is 5.75 Å². The summed E-state index contributed by atoms with van der Waals surface area (Å²) in [6.45, 7) is 5.49. The Morgan fingerprint density at radius 1 is 1.10 bits per heavy atom. The molecule has 1 saturated heterocycles. The Kier molecular flexibility index (Phi) is 6.74. The summed E-state index contributed by atoms with van der Waals surface area (Å²) in [5.74, 6) is -1.15. The van der Waals surface area contributed by atoms with Crippen molar-refractivity contribution < 1.29 is 23.9 Å². The van der Waals surface area contributed by atoms with Gasteiger partial charge in [-0.2, -0.15) is 0 Å². The maximum atomic E-state index is 12.4. The van der Waals surface area contributed by atoms with Gasteiger partial charge < -0.3 is 4.74 Å². The second kappa shape index (κ2) is 9.28. The van der Waals surface area contributed by atoms with E-state index in [0.717, 1.165) is 36.8 Å². The maximum absolute atomic E-state index is 12.4. The fraction of sp³-hybridized carbons (Fsp3) is 0.545. The molecular weight excluding hydrogens is 386 g/mol. The predicted octanol–water partition coefficient (Wildman–Crippen LogP) is 1.78. The smallest absolute Gasteiger partial charge is 0.279 e. The highest BCUT2D eigenvalue weighted by Gasteiger charge is 2.47. The average Bonchev–Trinajstić information content (AvgIpc) is 2.98. The fourth-order valence-corrected chi connectivity index (χ4v) is 4.06. The summed E-state index contributed by atoms with van der Waals surface area (Å²) in [5, 5.41) is 0. The Bertz CT molecular complexity index is 829. The molecule has 1 aliphatic carbocycles. The summed E-state index contributed by atoms with van der Waals surface area (Å²) in [7, 11) is 0. The summed E-state index contributed by atoms with van der Waals surface area (Å²) in [4.78, 5) is 50.4. The van der Waals surface area contributed by atoms with Crippen LogP contribution in [0.3, 0.4) is 0 Å². The van der Waals surface area contributed by atoms with E-state index in [9.17, 15) is 19.2 Å². The van der Waals surface area contributed by atoms with Gasteiger partial charge in [0.2, 0.25) is 17.7 Å². The van der Waals surface area contributed by atoms with E-state index < -0.39 is 17.9 Å². The van der Waals surface area contributed by atoms with E-state index >= 15 is 0 Å². The lowest BCUT2D eigenvalue weighted by Gasteiger charge is -2.19. The monoisotopic (exact) mass is 415 g/mol. The highest BCUT2D eigenvalue weighted by atomic mass is 16.5. The van der Waals surface area contributed by atoms with Gasteiger partial charge in [-0.3, -0.25) is 34.9 Å². The van der Waals surface area contributed by atoms with Crippen molar-refractivity contribution in [3.63, 3.8) is 0 Å². The van der Waals surface area contributed by atoms with Gasteiger partial charge in [0.15, 0.2) is 6.10 Å². The molecule has 30 heavy (non-hydrogen) atoms. The first-order valence-corrected chi connectivity index (χ1v) is 10.5. The number of ether oxygens (including phenoxy) is 1. The molecule has 1 aliphatic heterocycles. The van der Waals surface area contributed by atoms with Crippen LogP contribution in [-0.2, 0) is 19.2 Å². The maximum Gasteiger partial charge on any atom is 0.279 e. The Labute approximate surface area is 176 Å². The Balaban J connectivity index is 1.44. The van der Waals surface area contributed by atoms with Gasteiger partial charge in [-0.15, -0.1) is 0 Å². The number of nitrogens with zero attached hydrogens (tertiary/aromatic N) is 1. The zero-order valence-electron chi connectivity index (χ0n) is 17.7. The molecule has 0 bridgehead atoms. The van der Waals surface area contributed by atoms with Gasteiger partial charge in [-0.25, -0.2) is 0 Å². The lowest BCUT2D eigenvalue weighted by Crippen LogP contribution is -2.48. The third-order valence-corrected chi connectivity index (χ3v) is 6.05. The molecule has 0 radical (unpaired) electrons. The quantitative estimate of drug-likeness (QED) is 0.544. The normalized spacial score (nSPS) is 21.8. The van der Waals surface area contributed by atoms with Crippen molar-refractivity contribution in [2.24, 2.45) is 11.8 Å². The number of aryl methyl sites for hydroxylation is 1. The zero-order chi connectivity index (χ0) is 21.8. The standard InChI is InChI=1S/C22H29N3O5/c1-13-7-6-10-18(14(13)2)30-15(3)20(27)24-23-19(26)11-12-25-21(28)16-8-4-5-9-17(16)22(25)29/h6-7,10,15-17H,4-5,8-9,11-12H2,1-3H3,(H,23,26)(H,24,27)/t15-,16+,17+/m1/s1. The molecule has 1 saturated carbocycles. The largest absolute Gasteiger partial charge is 0.481 e. The van der Waals surface area contributed by atoms with Gasteiger partial charge >= 0.3 is 0 Å². The van der Waals surface area contributed by atoms with E-state index in [1.54, 1.807) is 13.0 Å². The first-order chi connectivity index (χ1) is 14.3. The second-order valence-corrected chi connectivity index (χ2v) is 8.07. The van der Waals surface area contributed by atoms with E-state index in [0.29, 0.717) is 5.75 Å². The molecule has 0 unspecified atom stereocenters. The Morgan fingerprint density at radius 3 is 2.37 bits per heavy atom. The van der Waals surface area contributed by atoms with Crippen LogP contribution < -0.4 is 15.6 Å². The predicted molar refractivity (Wildman–Crippen MR) is 109 cm³/mol. The molecule has 3 atom stereocenters. The van der Waals surface area contributed by atoms with Crippen molar-refractivity contribution in [1.29, 1.82) is 0 Å². The fourth-order valence-electron chi connectivity index (χ4n) is 4.06. The molecule has 1 heterocycles. The van der Waals surface area contributed by atoms with Crippen molar-refractivity contribution in [3.8, 4) is 5.75 Å². The molecule has 8 nitrogen and oxygen atoms in total. The molecule has 1 aromatic carbocycles. The number of rotatable bonds is 6. The van der Waals surface area contributed by atoms with E-state index in [1.165, 1.54) is 4.90 Å². The average molecular weight is 415 g/mol. The van der Waals surface area contributed by atoms with Gasteiger partial charge in [-0.05, 0) is 50.8 Å². The summed E-state index contributed by atoms with van der Waals surface area (Å²) < 4.78 is 5.68. The van der Waals surface area contributed by atoms with Crippen LogP contribution in [0.4, 0.5) is 0 Å². The van der Waals surface area contributed by atoms with Crippen LogP contribution in [0.5, 0.6) is 5.75 Å². The minimum Gasteiger partial charge on any atom is -0.481 e. The Hall–Kier alpha value is -2.90. The topological polar surface area (TPSA) is 105 Å². The van der Waals surface area contributed by atoms with Crippen LogP contribution in [0.25, 0.3) is 0 Å².